The predicted molar refractivity (Wildman–Crippen MR) is 84.8 cm³/mol. The van der Waals surface area contributed by atoms with Crippen LogP contribution in [-0.4, -0.2) is 85.7 Å². The largest absolute Gasteiger partial charge is 0.385 e. The summed E-state index contributed by atoms with van der Waals surface area (Å²) in [6.07, 6.45) is 6.08. The molecule has 0 aromatic carbocycles. The van der Waals surface area contributed by atoms with E-state index in [1.54, 1.807) is 25.7 Å². The van der Waals surface area contributed by atoms with E-state index in [9.17, 15) is 4.79 Å². The van der Waals surface area contributed by atoms with Gasteiger partial charge in [0.25, 0.3) is 0 Å². The molecule has 7 nitrogen and oxygen atoms in total. The first-order valence-corrected chi connectivity index (χ1v) is 7.67. The number of likely N-dealkylation sites (N-methyl/N-ethyl adjacent to an activating group) is 1. The van der Waals surface area contributed by atoms with E-state index in [1.165, 1.54) is 0 Å². The Morgan fingerprint density at radius 3 is 2.73 bits per heavy atom. The first-order chi connectivity index (χ1) is 10.7. The van der Waals surface area contributed by atoms with Crippen molar-refractivity contribution < 1.29 is 9.53 Å². The number of hydrogen-bond donors (Lipinski definition) is 0. The van der Waals surface area contributed by atoms with Gasteiger partial charge in [-0.2, -0.15) is 0 Å². The van der Waals surface area contributed by atoms with Gasteiger partial charge in [-0.1, -0.05) is 0 Å². The van der Waals surface area contributed by atoms with Crippen molar-refractivity contribution in [3.8, 4) is 0 Å². The summed E-state index contributed by atoms with van der Waals surface area (Å²) in [5, 5.41) is 0. The molecule has 1 aliphatic heterocycles. The summed E-state index contributed by atoms with van der Waals surface area (Å²) in [7, 11) is 3.67. The van der Waals surface area contributed by atoms with Crippen LogP contribution in [0.25, 0.3) is 0 Å². The van der Waals surface area contributed by atoms with E-state index >= 15 is 0 Å². The van der Waals surface area contributed by atoms with Gasteiger partial charge in [0.2, 0.25) is 5.91 Å². The van der Waals surface area contributed by atoms with Crippen LogP contribution in [0.4, 0.5) is 5.82 Å². The average molecular weight is 307 g/mol. The second-order valence-electron chi connectivity index (χ2n) is 5.52. The highest BCUT2D eigenvalue weighted by Crippen LogP contribution is 2.11. The van der Waals surface area contributed by atoms with Gasteiger partial charge >= 0.3 is 0 Å². The molecule has 1 fully saturated rings. The standard InChI is InChI=1S/C15H25N5O2/c1-18(6-3-11-22-2)13-15(21)20-9-7-19(8-10-20)14-12-16-4-5-17-14/h4-5,12H,3,6-11,13H2,1-2H3. The molecule has 0 bridgehead atoms. The minimum atomic E-state index is 0.193. The van der Waals surface area contributed by atoms with Crippen molar-refractivity contribution in [3.05, 3.63) is 18.6 Å². The molecule has 0 saturated carbocycles. The van der Waals surface area contributed by atoms with Crippen molar-refractivity contribution in [2.24, 2.45) is 0 Å². The van der Waals surface area contributed by atoms with Gasteiger partial charge in [0.1, 0.15) is 5.82 Å². The summed E-state index contributed by atoms with van der Waals surface area (Å²) < 4.78 is 5.03. The van der Waals surface area contributed by atoms with Crippen LogP contribution in [0.5, 0.6) is 0 Å². The fourth-order valence-corrected chi connectivity index (χ4v) is 2.53. The summed E-state index contributed by atoms with van der Waals surface area (Å²) in [6.45, 7) is 5.15. The van der Waals surface area contributed by atoms with E-state index in [1.807, 2.05) is 11.9 Å². The van der Waals surface area contributed by atoms with Gasteiger partial charge in [-0.05, 0) is 13.5 Å². The third-order valence-electron chi connectivity index (χ3n) is 3.80. The Kier molecular flexibility index (Phi) is 6.54. The van der Waals surface area contributed by atoms with Gasteiger partial charge in [-0.15, -0.1) is 0 Å². The number of nitrogens with zero attached hydrogens (tertiary/aromatic N) is 5. The summed E-state index contributed by atoms with van der Waals surface area (Å²) in [5.41, 5.74) is 0. The number of rotatable bonds is 7. The zero-order valence-electron chi connectivity index (χ0n) is 13.4. The smallest absolute Gasteiger partial charge is 0.236 e. The SMILES string of the molecule is COCCCN(C)CC(=O)N1CCN(c2cnccn2)CC1. The summed E-state index contributed by atoms with van der Waals surface area (Å²) in [4.78, 5) is 26.8. The number of methoxy groups -OCH3 is 1. The summed E-state index contributed by atoms with van der Waals surface area (Å²) in [6, 6.07) is 0. The molecule has 2 heterocycles. The van der Waals surface area contributed by atoms with Crippen LogP contribution in [-0.2, 0) is 9.53 Å². The van der Waals surface area contributed by atoms with E-state index in [0.717, 1.165) is 51.6 Å². The van der Waals surface area contributed by atoms with Crippen LogP contribution in [0.2, 0.25) is 0 Å². The lowest BCUT2D eigenvalue weighted by atomic mass is 10.3. The molecule has 1 saturated heterocycles. The zero-order valence-corrected chi connectivity index (χ0v) is 13.4. The predicted octanol–water partition coefficient (Wildman–Crippen LogP) is 0.0935. The molecule has 0 atom stereocenters. The molecule has 0 spiro atoms. The minimum absolute atomic E-state index is 0.193. The average Bonchev–Trinajstić information content (AvgIpc) is 2.56. The van der Waals surface area contributed by atoms with Crippen molar-refractivity contribution in [1.82, 2.24) is 19.8 Å². The molecule has 0 aliphatic carbocycles. The van der Waals surface area contributed by atoms with Crippen LogP contribution >= 0.6 is 0 Å². The highest BCUT2D eigenvalue weighted by molar-refractivity contribution is 5.78. The topological polar surface area (TPSA) is 61.8 Å². The summed E-state index contributed by atoms with van der Waals surface area (Å²) in [5.74, 6) is 1.07. The number of carbonyl (C=O) groups excluding carboxylic acids is 1. The number of ether oxygens (including phenoxy) is 1. The van der Waals surface area contributed by atoms with Crippen LogP contribution in [0.15, 0.2) is 18.6 Å². The maximum Gasteiger partial charge on any atom is 0.236 e. The molecular formula is C15H25N5O2. The van der Waals surface area contributed by atoms with Crippen LogP contribution < -0.4 is 4.90 Å². The number of amides is 1. The Balaban J connectivity index is 1.73. The minimum Gasteiger partial charge on any atom is -0.385 e. The number of hydrogen-bond acceptors (Lipinski definition) is 6. The highest BCUT2D eigenvalue weighted by atomic mass is 16.5. The highest BCUT2D eigenvalue weighted by Gasteiger charge is 2.22. The third kappa shape index (κ3) is 4.92. The molecule has 0 radical (unpaired) electrons. The molecular weight excluding hydrogens is 282 g/mol. The lowest BCUT2D eigenvalue weighted by Gasteiger charge is -2.35. The summed E-state index contributed by atoms with van der Waals surface area (Å²) >= 11 is 0. The molecule has 1 aromatic heterocycles. The Morgan fingerprint density at radius 1 is 1.32 bits per heavy atom. The van der Waals surface area contributed by atoms with E-state index in [0.29, 0.717) is 6.54 Å². The first-order valence-electron chi connectivity index (χ1n) is 7.67. The normalized spacial score (nSPS) is 15.4. The first kappa shape index (κ1) is 16.6. The number of anilines is 1. The molecule has 0 unspecified atom stereocenters. The van der Waals surface area contributed by atoms with E-state index < -0.39 is 0 Å². The van der Waals surface area contributed by atoms with Gasteiger partial charge in [0, 0.05) is 58.8 Å². The van der Waals surface area contributed by atoms with Gasteiger partial charge in [-0.3, -0.25) is 14.7 Å². The number of carbonyl (C=O) groups is 1. The lowest BCUT2D eigenvalue weighted by Crippen LogP contribution is -2.51. The van der Waals surface area contributed by atoms with E-state index in [4.69, 9.17) is 4.74 Å². The van der Waals surface area contributed by atoms with E-state index in [2.05, 4.69) is 19.8 Å². The Labute approximate surface area is 131 Å². The van der Waals surface area contributed by atoms with Crippen molar-refractivity contribution in [3.63, 3.8) is 0 Å². The fraction of sp³-hybridized carbons (Fsp3) is 0.667. The van der Waals surface area contributed by atoms with Crippen LogP contribution in [0.1, 0.15) is 6.42 Å². The van der Waals surface area contributed by atoms with Crippen molar-refractivity contribution in [2.75, 3.05) is 64.9 Å². The Bertz CT molecular complexity index is 449. The molecule has 1 amide bonds. The Hall–Kier alpha value is -1.73. The second kappa shape index (κ2) is 8.65. The third-order valence-corrected chi connectivity index (χ3v) is 3.80. The molecule has 1 aromatic rings. The van der Waals surface area contributed by atoms with Gasteiger partial charge in [-0.25, -0.2) is 4.98 Å². The van der Waals surface area contributed by atoms with Crippen molar-refractivity contribution in [2.45, 2.75) is 6.42 Å². The zero-order chi connectivity index (χ0) is 15.8. The molecule has 2 rings (SSSR count). The monoisotopic (exact) mass is 307 g/mol. The maximum atomic E-state index is 12.3. The fourth-order valence-electron chi connectivity index (χ4n) is 2.53. The van der Waals surface area contributed by atoms with Gasteiger partial charge in [0.05, 0.1) is 12.7 Å². The molecule has 0 N–H and O–H groups in total. The molecule has 122 valence electrons. The molecule has 22 heavy (non-hydrogen) atoms. The number of piperazine rings is 1. The lowest BCUT2D eigenvalue weighted by molar-refractivity contribution is -0.132. The van der Waals surface area contributed by atoms with Gasteiger partial charge < -0.3 is 14.5 Å². The maximum absolute atomic E-state index is 12.3. The quantitative estimate of drug-likeness (QED) is 0.666. The molecule has 1 aliphatic rings. The second-order valence-corrected chi connectivity index (χ2v) is 5.52. The van der Waals surface area contributed by atoms with Crippen molar-refractivity contribution >= 4 is 11.7 Å². The van der Waals surface area contributed by atoms with Crippen molar-refractivity contribution in [1.29, 1.82) is 0 Å². The Morgan fingerprint density at radius 2 is 2.09 bits per heavy atom. The number of aromatic nitrogens is 2. The van der Waals surface area contributed by atoms with E-state index in [-0.39, 0.29) is 5.91 Å². The van der Waals surface area contributed by atoms with Gasteiger partial charge in [0.15, 0.2) is 0 Å². The van der Waals surface area contributed by atoms with Crippen LogP contribution in [0, 0.1) is 0 Å². The van der Waals surface area contributed by atoms with Crippen LogP contribution in [0.3, 0.4) is 0 Å². The molecule has 7 heteroatoms.